The fourth-order valence-electron chi connectivity index (χ4n) is 2.87. The Morgan fingerprint density at radius 1 is 1.10 bits per heavy atom. The number of ether oxygens (including phenoxy) is 1. The van der Waals surface area contributed by atoms with Crippen LogP contribution < -0.4 is 5.32 Å². The van der Waals surface area contributed by atoms with E-state index >= 15 is 0 Å². The van der Waals surface area contributed by atoms with Gasteiger partial charge in [-0.15, -0.1) is 0 Å². The van der Waals surface area contributed by atoms with Gasteiger partial charge in [-0.3, -0.25) is 4.79 Å². The third-order valence-electron chi connectivity index (χ3n) is 4.37. The number of rotatable bonds is 11. The first kappa shape index (κ1) is 18.4. The standard InChI is InChI=1S/C17H34N2O2/c1-3-19-13-10-16(11-14-19)17(20)18-12-8-6-5-7-9-15-21-4-2/h16H,3-15H2,1-2H3,(H,18,20). The van der Waals surface area contributed by atoms with E-state index in [9.17, 15) is 4.79 Å². The van der Waals surface area contributed by atoms with Crippen molar-refractivity contribution in [2.45, 2.75) is 58.8 Å². The topological polar surface area (TPSA) is 41.6 Å². The highest BCUT2D eigenvalue weighted by Gasteiger charge is 2.23. The Bertz CT molecular complexity index is 264. The van der Waals surface area contributed by atoms with Gasteiger partial charge < -0.3 is 15.0 Å². The van der Waals surface area contributed by atoms with Crippen LogP contribution in [0, 0.1) is 5.92 Å². The molecule has 4 heteroatoms. The maximum atomic E-state index is 12.1. The minimum atomic E-state index is 0.249. The zero-order valence-corrected chi connectivity index (χ0v) is 14.0. The first-order chi connectivity index (χ1) is 10.3. The van der Waals surface area contributed by atoms with E-state index in [0.717, 1.165) is 65.1 Å². The molecule has 0 aromatic heterocycles. The van der Waals surface area contributed by atoms with Gasteiger partial charge >= 0.3 is 0 Å². The largest absolute Gasteiger partial charge is 0.382 e. The highest BCUT2D eigenvalue weighted by molar-refractivity contribution is 5.78. The SMILES string of the molecule is CCOCCCCCCCNC(=O)C1CCN(CC)CC1. The summed E-state index contributed by atoms with van der Waals surface area (Å²) in [6, 6.07) is 0. The molecule has 0 atom stereocenters. The van der Waals surface area contributed by atoms with Gasteiger partial charge in [-0.1, -0.05) is 26.2 Å². The predicted molar refractivity (Wildman–Crippen MR) is 87.4 cm³/mol. The van der Waals surface area contributed by atoms with Crippen LogP contribution in [-0.2, 0) is 9.53 Å². The van der Waals surface area contributed by atoms with Gasteiger partial charge in [0.15, 0.2) is 0 Å². The van der Waals surface area contributed by atoms with Crippen LogP contribution in [0.4, 0.5) is 0 Å². The smallest absolute Gasteiger partial charge is 0.223 e. The van der Waals surface area contributed by atoms with E-state index in [1.165, 1.54) is 19.3 Å². The van der Waals surface area contributed by atoms with Crippen LogP contribution in [0.3, 0.4) is 0 Å². The Labute approximate surface area is 130 Å². The van der Waals surface area contributed by atoms with E-state index in [-0.39, 0.29) is 11.8 Å². The summed E-state index contributed by atoms with van der Waals surface area (Å²) in [6.45, 7) is 10.1. The molecule has 0 aliphatic carbocycles. The van der Waals surface area contributed by atoms with E-state index in [2.05, 4.69) is 17.1 Å². The van der Waals surface area contributed by atoms with Crippen LogP contribution >= 0.6 is 0 Å². The lowest BCUT2D eigenvalue weighted by atomic mass is 9.96. The summed E-state index contributed by atoms with van der Waals surface area (Å²) < 4.78 is 5.32. The van der Waals surface area contributed by atoms with Crippen molar-refractivity contribution >= 4 is 5.91 Å². The molecule has 1 rings (SSSR count). The van der Waals surface area contributed by atoms with Gasteiger partial charge in [0.05, 0.1) is 0 Å². The van der Waals surface area contributed by atoms with Crippen molar-refractivity contribution in [1.82, 2.24) is 10.2 Å². The van der Waals surface area contributed by atoms with Crippen molar-refractivity contribution in [2.75, 3.05) is 39.4 Å². The first-order valence-corrected chi connectivity index (χ1v) is 8.85. The third kappa shape index (κ3) is 8.42. The van der Waals surface area contributed by atoms with Gasteiger partial charge in [0, 0.05) is 25.7 Å². The zero-order chi connectivity index (χ0) is 15.3. The number of hydrogen-bond acceptors (Lipinski definition) is 3. The fraction of sp³-hybridized carbons (Fsp3) is 0.941. The number of nitrogens with zero attached hydrogens (tertiary/aromatic N) is 1. The lowest BCUT2D eigenvalue weighted by Gasteiger charge is -2.30. The second-order valence-corrected chi connectivity index (χ2v) is 5.96. The summed E-state index contributed by atoms with van der Waals surface area (Å²) in [5, 5.41) is 3.11. The molecule has 0 unspecified atom stereocenters. The second-order valence-electron chi connectivity index (χ2n) is 5.96. The fourth-order valence-corrected chi connectivity index (χ4v) is 2.87. The molecule has 0 aromatic carbocycles. The van der Waals surface area contributed by atoms with Crippen molar-refractivity contribution in [2.24, 2.45) is 5.92 Å². The summed E-state index contributed by atoms with van der Waals surface area (Å²) in [7, 11) is 0. The molecular weight excluding hydrogens is 264 g/mol. The van der Waals surface area contributed by atoms with Crippen molar-refractivity contribution in [1.29, 1.82) is 0 Å². The number of carbonyl (C=O) groups excluding carboxylic acids is 1. The maximum Gasteiger partial charge on any atom is 0.223 e. The summed E-state index contributed by atoms with van der Waals surface area (Å²) in [5.41, 5.74) is 0. The molecular formula is C17H34N2O2. The van der Waals surface area contributed by atoms with Crippen molar-refractivity contribution in [3.05, 3.63) is 0 Å². The van der Waals surface area contributed by atoms with Crippen LogP contribution in [0.5, 0.6) is 0 Å². The summed E-state index contributed by atoms with van der Waals surface area (Å²) >= 11 is 0. The predicted octanol–water partition coefficient (Wildman–Crippen LogP) is 2.82. The molecule has 0 aromatic rings. The Hall–Kier alpha value is -0.610. The van der Waals surface area contributed by atoms with Gasteiger partial charge in [0.2, 0.25) is 5.91 Å². The monoisotopic (exact) mass is 298 g/mol. The minimum Gasteiger partial charge on any atom is -0.382 e. The average Bonchev–Trinajstić information content (AvgIpc) is 2.53. The molecule has 1 heterocycles. The number of amides is 1. The number of piperidine rings is 1. The molecule has 124 valence electrons. The van der Waals surface area contributed by atoms with E-state index in [4.69, 9.17) is 4.74 Å². The number of carbonyl (C=O) groups is 1. The summed E-state index contributed by atoms with van der Waals surface area (Å²) in [6.07, 6.45) is 8.01. The van der Waals surface area contributed by atoms with Crippen molar-refractivity contribution < 1.29 is 9.53 Å². The number of hydrogen-bond donors (Lipinski definition) is 1. The van der Waals surface area contributed by atoms with Crippen molar-refractivity contribution in [3.63, 3.8) is 0 Å². The Morgan fingerprint density at radius 2 is 1.76 bits per heavy atom. The van der Waals surface area contributed by atoms with E-state index < -0.39 is 0 Å². The Kier molecular flexibility index (Phi) is 10.5. The first-order valence-electron chi connectivity index (χ1n) is 8.85. The lowest BCUT2D eigenvalue weighted by molar-refractivity contribution is -0.126. The van der Waals surface area contributed by atoms with Crippen LogP contribution in [-0.4, -0.2) is 50.2 Å². The van der Waals surface area contributed by atoms with Crippen LogP contribution in [0.15, 0.2) is 0 Å². The highest BCUT2D eigenvalue weighted by Crippen LogP contribution is 2.16. The lowest BCUT2D eigenvalue weighted by Crippen LogP contribution is -2.40. The van der Waals surface area contributed by atoms with Crippen molar-refractivity contribution in [3.8, 4) is 0 Å². The normalized spacial score (nSPS) is 17.0. The number of likely N-dealkylation sites (tertiary alicyclic amines) is 1. The molecule has 1 N–H and O–H groups in total. The molecule has 1 aliphatic rings. The molecule has 4 nitrogen and oxygen atoms in total. The number of nitrogens with one attached hydrogen (secondary N) is 1. The molecule has 0 radical (unpaired) electrons. The molecule has 0 saturated carbocycles. The quantitative estimate of drug-likeness (QED) is 0.596. The summed E-state index contributed by atoms with van der Waals surface area (Å²) in [4.78, 5) is 14.5. The minimum absolute atomic E-state index is 0.249. The molecule has 1 saturated heterocycles. The average molecular weight is 298 g/mol. The molecule has 1 aliphatic heterocycles. The zero-order valence-electron chi connectivity index (χ0n) is 14.0. The van der Waals surface area contributed by atoms with Crippen LogP contribution in [0.25, 0.3) is 0 Å². The van der Waals surface area contributed by atoms with E-state index in [1.807, 2.05) is 6.92 Å². The molecule has 1 fully saturated rings. The third-order valence-corrected chi connectivity index (χ3v) is 4.37. The Morgan fingerprint density at radius 3 is 2.43 bits per heavy atom. The maximum absolute atomic E-state index is 12.1. The van der Waals surface area contributed by atoms with Crippen LogP contribution in [0.1, 0.15) is 58.8 Å². The van der Waals surface area contributed by atoms with Gasteiger partial charge in [-0.25, -0.2) is 0 Å². The van der Waals surface area contributed by atoms with E-state index in [0.29, 0.717) is 0 Å². The van der Waals surface area contributed by atoms with Crippen LogP contribution in [0.2, 0.25) is 0 Å². The second kappa shape index (κ2) is 12.0. The highest BCUT2D eigenvalue weighted by atomic mass is 16.5. The molecule has 0 bridgehead atoms. The number of unbranched alkanes of at least 4 members (excludes halogenated alkanes) is 4. The Balaban J connectivity index is 1.92. The van der Waals surface area contributed by atoms with Gasteiger partial charge in [-0.05, 0) is 52.2 Å². The molecule has 0 spiro atoms. The van der Waals surface area contributed by atoms with Gasteiger partial charge in [0.1, 0.15) is 0 Å². The molecule has 1 amide bonds. The van der Waals surface area contributed by atoms with Gasteiger partial charge in [-0.2, -0.15) is 0 Å². The van der Waals surface area contributed by atoms with E-state index in [1.54, 1.807) is 0 Å². The summed E-state index contributed by atoms with van der Waals surface area (Å²) in [5.74, 6) is 0.529. The van der Waals surface area contributed by atoms with Gasteiger partial charge in [0.25, 0.3) is 0 Å². The molecule has 21 heavy (non-hydrogen) atoms.